The van der Waals surface area contributed by atoms with Gasteiger partial charge in [0.15, 0.2) is 0 Å². The summed E-state index contributed by atoms with van der Waals surface area (Å²) >= 11 is 8.21. The zero-order chi connectivity index (χ0) is 14.7. The van der Waals surface area contributed by atoms with Crippen molar-refractivity contribution in [2.75, 3.05) is 24.3 Å². The van der Waals surface area contributed by atoms with E-state index in [1.807, 2.05) is 37.2 Å². The zero-order valence-electron chi connectivity index (χ0n) is 11.2. The van der Waals surface area contributed by atoms with Crippen LogP contribution in [0.3, 0.4) is 0 Å². The summed E-state index contributed by atoms with van der Waals surface area (Å²) in [5.74, 6) is -0.147. The van der Waals surface area contributed by atoms with E-state index in [1.54, 1.807) is 24.3 Å². The van der Waals surface area contributed by atoms with E-state index in [0.29, 0.717) is 16.3 Å². The standard InChI is InChI=1S/C15H14ClIN2O/c1-19(2)14-8-5-11(16)9-13(14)18-15(20)10-3-6-12(17)7-4-10/h3-9H,1-2H3,(H,18,20). The van der Waals surface area contributed by atoms with Crippen molar-refractivity contribution in [3.05, 3.63) is 56.6 Å². The van der Waals surface area contributed by atoms with E-state index in [1.165, 1.54) is 0 Å². The first-order valence-electron chi connectivity index (χ1n) is 6.01. The highest BCUT2D eigenvalue weighted by Crippen LogP contribution is 2.28. The van der Waals surface area contributed by atoms with Crippen LogP contribution in [0.2, 0.25) is 5.02 Å². The fourth-order valence-electron chi connectivity index (χ4n) is 1.79. The van der Waals surface area contributed by atoms with Crippen LogP contribution in [0.4, 0.5) is 11.4 Å². The van der Waals surface area contributed by atoms with Crippen LogP contribution in [0.15, 0.2) is 42.5 Å². The van der Waals surface area contributed by atoms with Crippen molar-refractivity contribution in [2.24, 2.45) is 0 Å². The molecule has 1 amide bonds. The predicted octanol–water partition coefficient (Wildman–Crippen LogP) is 4.26. The van der Waals surface area contributed by atoms with Gasteiger partial charge < -0.3 is 10.2 Å². The predicted molar refractivity (Wildman–Crippen MR) is 92.9 cm³/mol. The molecule has 0 saturated heterocycles. The highest BCUT2D eigenvalue weighted by molar-refractivity contribution is 14.1. The Labute approximate surface area is 137 Å². The molecule has 2 aromatic rings. The second-order valence-electron chi connectivity index (χ2n) is 4.52. The molecule has 0 heterocycles. The number of nitrogens with zero attached hydrogens (tertiary/aromatic N) is 1. The van der Waals surface area contributed by atoms with Gasteiger partial charge in [-0.2, -0.15) is 0 Å². The van der Waals surface area contributed by atoms with Crippen molar-refractivity contribution in [1.29, 1.82) is 0 Å². The summed E-state index contributed by atoms with van der Waals surface area (Å²) in [6.07, 6.45) is 0. The minimum atomic E-state index is -0.147. The number of nitrogens with one attached hydrogen (secondary N) is 1. The molecule has 0 fully saturated rings. The summed E-state index contributed by atoms with van der Waals surface area (Å²) in [5, 5.41) is 3.49. The fraction of sp³-hybridized carbons (Fsp3) is 0.133. The van der Waals surface area contributed by atoms with Gasteiger partial charge in [0.2, 0.25) is 0 Å². The van der Waals surface area contributed by atoms with Crippen molar-refractivity contribution < 1.29 is 4.79 Å². The van der Waals surface area contributed by atoms with E-state index < -0.39 is 0 Å². The SMILES string of the molecule is CN(C)c1ccc(Cl)cc1NC(=O)c1ccc(I)cc1. The van der Waals surface area contributed by atoms with Crippen LogP contribution in [-0.4, -0.2) is 20.0 Å². The van der Waals surface area contributed by atoms with Gasteiger partial charge in [0.25, 0.3) is 5.91 Å². The molecule has 0 atom stereocenters. The van der Waals surface area contributed by atoms with Crippen molar-refractivity contribution >= 4 is 51.5 Å². The molecule has 2 aromatic carbocycles. The highest BCUT2D eigenvalue weighted by atomic mass is 127. The topological polar surface area (TPSA) is 32.3 Å². The number of anilines is 2. The number of hydrogen-bond acceptors (Lipinski definition) is 2. The maximum atomic E-state index is 12.2. The minimum Gasteiger partial charge on any atom is -0.376 e. The second kappa shape index (κ2) is 6.45. The van der Waals surface area contributed by atoms with E-state index >= 15 is 0 Å². The fourth-order valence-corrected chi connectivity index (χ4v) is 2.33. The molecular formula is C15H14ClIN2O. The summed E-state index contributed by atoms with van der Waals surface area (Å²) < 4.78 is 1.09. The first kappa shape index (κ1) is 15.1. The Balaban J connectivity index is 2.27. The van der Waals surface area contributed by atoms with E-state index in [9.17, 15) is 4.79 Å². The first-order valence-corrected chi connectivity index (χ1v) is 7.47. The number of rotatable bonds is 3. The number of carbonyl (C=O) groups excluding carboxylic acids is 1. The average molecular weight is 401 g/mol. The summed E-state index contributed by atoms with van der Waals surface area (Å²) in [4.78, 5) is 14.2. The third-order valence-corrected chi connectivity index (χ3v) is 3.75. The number of halogens is 2. The van der Waals surface area contributed by atoms with E-state index in [2.05, 4.69) is 27.9 Å². The van der Waals surface area contributed by atoms with Gasteiger partial charge in [-0.15, -0.1) is 0 Å². The van der Waals surface area contributed by atoms with Crippen LogP contribution in [0.5, 0.6) is 0 Å². The number of hydrogen-bond donors (Lipinski definition) is 1. The third-order valence-electron chi connectivity index (χ3n) is 2.80. The summed E-state index contributed by atoms with van der Waals surface area (Å²) in [6.45, 7) is 0. The van der Waals surface area contributed by atoms with E-state index in [0.717, 1.165) is 9.26 Å². The second-order valence-corrected chi connectivity index (χ2v) is 6.20. The quantitative estimate of drug-likeness (QED) is 0.781. The lowest BCUT2D eigenvalue weighted by Crippen LogP contribution is -2.16. The molecule has 0 radical (unpaired) electrons. The highest BCUT2D eigenvalue weighted by Gasteiger charge is 2.11. The third kappa shape index (κ3) is 3.64. The van der Waals surface area contributed by atoms with Crippen molar-refractivity contribution in [1.82, 2.24) is 0 Å². The van der Waals surface area contributed by atoms with Crippen molar-refractivity contribution in [3.63, 3.8) is 0 Å². The molecule has 5 heteroatoms. The maximum absolute atomic E-state index is 12.2. The van der Waals surface area contributed by atoms with E-state index in [4.69, 9.17) is 11.6 Å². The lowest BCUT2D eigenvalue weighted by atomic mass is 10.2. The zero-order valence-corrected chi connectivity index (χ0v) is 14.1. The molecule has 0 aliphatic carbocycles. The van der Waals surface area contributed by atoms with Gasteiger partial charge in [-0.3, -0.25) is 4.79 Å². The Kier molecular flexibility index (Phi) is 4.88. The van der Waals surface area contributed by atoms with E-state index in [-0.39, 0.29) is 5.91 Å². The lowest BCUT2D eigenvalue weighted by molar-refractivity contribution is 0.102. The largest absolute Gasteiger partial charge is 0.376 e. The monoisotopic (exact) mass is 400 g/mol. The number of benzene rings is 2. The Bertz CT molecular complexity index is 626. The van der Waals surface area contributed by atoms with Crippen molar-refractivity contribution in [2.45, 2.75) is 0 Å². The summed E-state index contributed by atoms with van der Waals surface area (Å²) in [6, 6.07) is 12.8. The molecule has 2 rings (SSSR count). The maximum Gasteiger partial charge on any atom is 0.255 e. The summed E-state index contributed by atoms with van der Waals surface area (Å²) in [7, 11) is 3.84. The Morgan fingerprint density at radius 2 is 1.80 bits per heavy atom. The average Bonchev–Trinajstić information content (AvgIpc) is 2.39. The lowest BCUT2D eigenvalue weighted by Gasteiger charge is -2.18. The Morgan fingerprint density at radius 1 is 1.15 bits per heavy atom. The van der Waals surface area contributed by atoms with Crippen LogP contribution >= 0.6 is 34.2 Å². The first-order chi connectivity index (χ1) is 9.47. The van der Waals surface area contributed by atoms with Crippen LogP contribution in [0, 0.1) is 3.57 Å². The minimum absolute atomic E-state index is 0.147. The molecule has 0 unspecified atom stereocenters. The van der Waals surface area contributed by atoms with Gasteiger partial charge in [-0.25, -0.2) is 0 Å². The van der Waals surface area contributed by atoms with Crippen molar-refractivity contribution in [3.8, 4) is 0 Å². The molecule has 3 nitrogen and oxygen atoms in total. The van der Waals surface area contributed by atoms with Gasteiger partial charge in [-0.1, -0.05) is 11.6 Å². The molecule has 0 aliphatic rings. The molecule has 20 heavy (non-hydrogen) atoms. The van der Waals surface area contributed by atoms with Gasteiger partial charge in [0.1, 0.15) is 0 Å². The smallest absolute Gasteiger partial charge is 0.255 e. The number of amides is 1. The van der Waals surface area contributed by atoms with Gasteiger partial charge in [0, 0.05) is 28.3 Å². The number of carbonyl (C=O) groups is 1. The molecule has 0 aromatic heterocycles. The van der Waals surface area contributed by atoms with Crippen LogP contribution < -0.4 is 10.2 Å². The van der Waals surface area contributed by atoms with Gasteiger partial charge in [-0.05, 0) is 65.1 Å². The van der Waals surface area contributed by atoms with Gasteiger partial charge in [0.05, 0.1) is 11.4 Å². The molecular weight excluding hydrogens is 387 g/mol. The normalized spacial score (nSPS) is 10.2. The van der Waals surface area contributed by atoms with Crippen LogP contribution in [0.1, 0.15) is 10.4 Å². The molecule has 1 N–H and O–H groups in total. The molecule has 0 spiro atoms. The Hall–Kier alpha value is -1.27. The van der Waals surface area contributed by atoms with Crippen LogP contribution in [-0.2, 0) is 0 Å². The van der Waals surface area contributed by atoms with Crippen LogP contribution in [0.25, 0.3) is 0 Å². The summed E-state index contributed by atoms with van der Waals surface area (Å²) in [5.41, 5.74) is 2.23. The molecule has 0 bridgehead atoms. The molecule has 0 saturated carbocycles. The molecule has 104 valence electrons. The van der Waals surface area contributed by atoms with Gasteiger partial charge >= 0.3 is 0 Å². The molecule has 0 aliphatic heterocycles. The Morgan fingerprint density at radius 3 is 2.40 bits per heavy atom.